The van der Waals surface area contributed by atoms with E-state index in [0.29, 0.717) is 12.1 Å². The van der Waals surface area contributed by atoms with Crippen LogP contribution in [0.5, 0.6) is 5.75 Å². The first kappa shape index (κ1) is 23.6. The van der Waals surface area contributed by atoms with E-state index >= 15 is 0 Å². The smallest absolute Gasteiger partial charge is 0.419 e. The van der Waals surface area contributed by atoms with E-state index in [9.17, 15) is 35.9 Å². The highest BCUT2D eigenvalue weighted by atomic mass is 32.2. The van der Waals surface area contributed by atoms with Crippen LogP contribution in [0, 0.1) is 17.7 Å². The summed E-state index contributed by atoms with van der Waals surface area (Å²) >= 11 is 0. The molecule has 172 valence electrons. The van der Waals surface area contributed by atoms with Crippen molar-refractivity contribution in [3.8, 4) is 17.6 Å². The van der Waals surface area contributed by atoms with Crippen LogP contribution in [0.4, 0.5) is 23.2 Å². The lowest BCUT2D eigenvalue weighted by Gasteiger charge is -2.17. The summed E-state index contributed by atoms with van der Waals surface area (Å²) in [5.41, 5.74) is -2.24. The Labute approximate surface area is 180 Å². The van der Waals surface area contributed by atoms with Gasteiger partial charge >= 0.3 is 6.18 Å². The van der Waals surface area contributed by atoms with Crippen molar-refractivity contribution in [2.24, 2.45) is 7.05 Å². The molecule has 0 bridgehead atoms. The van der Waals surface area contributed by atoms with Crippen LogP contribution in [0.2, 0.25) is 0 Å². The van der Waals surface area contributed by atoms with Crippen LogP contribution in [-0.4, -0.2) is 42.8 Å². The lowest BCUT2D eigenvalue weighted by Crippen LogP contribution is -2.45. The first-order chi connectivity index (χ1) is 14.8. The van der Waals surface area contributed by atoms with Gasteiger partial charge in [0.2, 0.25) is 10.0 Å². The molecule has 0 spiro atoms. The van der Waals surface area contributed by atoms with Crippen molar-refractivity contribution < 1.29 is 40.6 Å². The Morgan fingerprint density at radius 2 is 2.09 bits per heavy atom. The highest BCUT2D eigenvalue weighted by Gasteiger charge is 2.37. The van der Waals surface area contributed by atoms with Crippen molar-refractivity contribution in [3.05, 3.63) is 41.5 Å². The van der Waals surface area contributed by atoms with Crippen molar-refractivity contribution >= 4 is 21.6 Å². The highest BCUT2D eigenvalue weighted by Crippen LogP contribution is 2.35. The second kappa shape index (κ2) is 8.45. The predicted molar refractivity (Wildman–Crippen MR) is 104 cm³/mol. The maximum atomic E-state index is 13.5. The van der Waals surface area contributed by atoms with Gasteiger partial charge in [0.25, 0.3) is 5.91 Å². The quantitative estimate of drug-likeness (QED) is 0.464. The third-order valence-electron chi connectivity index (χ3n) is 4.52. The molecule has 0 radical (unpaired) electrons. The maximum absolute atomic E-state index is 13.5. The van der Waals surface area contributed by atoms with Gasteiger partial charge in [-0.15, -0.1) is 5.92 Å². The number of carbonyl (C=O) groups excluding carboxylic acids is 1. The van der Waals surface area contributed by atoms with Gasteiger partial charge in [0.1, 0.15) is 23.4 Å². The summed E-state index contributed by atoms with van der Waals surface area (Å²) in [7, 11) is -2.90. The summed E-state index contributed by atoms with van der Waals surface area (Å²) in [6, 6.07) is 0.769. The fourth-order valence-electron chi connectivity index (χ4n) is 3.05. The molecule has 1 amide bonds. The topological polar surface area (TPSA) is 110 Å². The SMILES string of the molecule is CC#CC(O)C1COc2c(cn(C)c2C(=O)Nc2ccc(F)c(C(F)(F)F)c2)S(=O)(=O)N1. The van der Waals surface area contributed by atoms with Crippen molar-refractivity contribution in [2.75, 3.05) is 11.9 Å². The number of alkyl halides is 3. The number of hydrogen-bond donors (Lipinski definition) is 3. The van der Waals surface area contributed by atoms with Crippen molar-refractivity contribution in [1.29, 1.82) is 0 Å². The number of nitrogens with one attached hydrogen (secondary N) is 2. The lowest BCUT2D eigenvalue weighted by molar-refractivity contribution is -0.139. The van der Waals surface area contributed by atoms with Gasteiger partial charge in [0.05, 0.1) is 11.6 Å². The molecule has 1 aliphatic heterocycles. The van der Waals surface area contributed by atoms with Gasteiger partial charge in [-0.25, -0.2) is 17.5 Å². The van der Waals surface area contributed by atoms with E-state index in [1.54, 1.807) is 0 Å². The molecule has 13 heteroatoms. The number of rotatable bonds is 3. The molecule has 1 aliphatic rings. The fraction of sp³-hybridized carbons (Fsp3) is 0.316. The van der Waals surface area contributed by atoms with Gasteiger partial charge < -0.3 is 19.7 Å². The van der Waals surface area contributed by atoms with E-state index in [1.165, 1.54) is 14.0 Å². The van der Waals surface area contributed by atoms with Crippen LogP contribution in [0.1, 0.15) is 23.0 Å². The van der Waals surface area contributed by atoms with Crippen LogP contribution in [0.15, 0.2) is 29.3 Å². The Bertz CT molecular complexity index is 1230. The minimum absolute atomic E-state index is 0.306. The first-order valence-corrected chi connectivity index (χ1v) is 10.5. The molecule has 2 atom stereocenters. The zero-order valence-corrected chi connectivity index (χ0v) is 17.4. The molecule has 0 saturated carbocycles. The molecule has 2 unspecified atom stereocenters. The molecule has 32 heavy (non-hydrogen) atoms. The first-order valence-electron chi connectivity index (χ1n) is 8.98. The van der Waals surface area contributed by atoms with E-state index in [2.05, 4.69) is 21.9 Å². The van der Waals surface area contributed by atoms with Gasteiger partial charge in [-0.05, 0) is 25.1 Å². The number of hydrogen-bond acceptors (Lipinski definition) is 5. The normalized spacial score (nSPS) is 18.4. The molecule has 2 aromatic rings. The molecule has 1 aromatic heterocycles. The predicted octanol–water partition coefficient (Wildman–Crippen LogP) is 1.86. The number of aryl methyl sites for hydroxylation is 1. The van der Waals surface area contributed by atoms with E-state index < -0.39 is 50.5 Å². The Kier molecular flexibility index (Phi) is 6.23. The molecule has 3 rings (SSSR count). The third kappa shape index (κ3) is 4.57. The van der Waals surface area contributed by atoms with Crippen molar-refractivity contribution in [2.45, 2.75) is 30.1 Å². The number of sulfonamides is 1. The number of amides is 1. The van der Waals surface area contributed by atoms with Gasteiger partial charge in [-0.1, -0.05) is 5.92 Å². The summed E-state index contributed by atoms with van der Waals surface area (Å²) in [5.74, 6) is 1.99. The van der Waals surface area contributed by atoms with Crippen LogP contribution >= 0.6 is 0 Å². The number of aliphatic hydroxyl groups is 1. The van der Waals surface area contributed by atoms with Gasteiger partial charge in [0, 0.05) is 18.9 Å². The summed E-state index contributed by atoms with van der Waals surface area (Å²) < 4.78 is 86.5. The number of anilines is 1. The maximum Gasteiger partial charge on any atom is 0.419 e. The Morgan fingerprint density at radius 3 is 2.72 bits per heavy atom. The number of aromatic nitrogens is 1. The number of nitrogens with zero attached hydrogens (tertiary/aromatic N) is 1. The highest BCUT2D eigenvalue weighted by molar-refractivity contribution is 7.89. The van der Waals surface area contributed by atoms with Gasteiger partial charge in [0.15, 0.2) is 11.4 Å². The number of fused-ring (bicyclic) bond motifs is 1. The number of benzene rings is 1. The molecular formula is C19H17F4N3O5S. The van der Waals surface area contributed by atoms with E-state index in [0.717, 1.165) is 16.8 Å². The number of halogens is 4. The van der Waals surface area contributed by atoms with E-state index in [1.807, 2.05) is 0 Å². The molecule has 8 nitrogen and oxygen atoms in total. The van der Waals surface area contributed by atoms with Crippen molar-refractivity contribution in [3.63, 3.8) is 0 Å². The molecule has 1 aromatic carbocycles. The van der Waals surface area contributed by atoms with Crippen molar-refractivity contribution in [1.82, 2.24) is 9.29 Å². The Balaban J connectivity index is 1.96. The average Bonchev–Trinajstić information content (AvgIpc) is 2.96. The number of carbonyl (C=O) groups is 1. The Hall–Kier alpha value is -3.08. The zero-order chi connectivity index (χ0) is 23.8. The summed E-state index contributed by atoms with van der Waals surface area (Å²) in [6.45, 7) is 1.08. The number of aliphatic hydroxyl groups excluding tert-OH is 1. The van der Waals surface area contributed by atoms with E-state index in [-0.39, 0.29) is 23.7 Å². The van der Waals surface area contributed by atoms with Gasteiger partial charge in [-0.2, -0.15) is 13.2 Å². The third-order valence-corrected chi connectivity index (χ3v) is 6.01. The standard InChI is InChI=1S/C19H17F4N3O5S/c1-3-4-14(27)13-9-31-17-15(32(29,30)25-13)8-26(2)16(17)18(28)24-10-5-6-12(20)11(7-10)19(21,22)23/h5-8,13-14,25,27H,9H2,1-2H3,(H,24,28). The molecule has 3 N–H and O–H groups in total. The van der Waals surface area contributed by atoms with Crippen LogP contribution in [0.3, 0.4) is 0 Å². The summed E-state index contributed by atoms with van der Waals surface area (Å²) in [4.78, 5) is 12.4. The van der Waals surface area contributed by atoms with Gasteiger partial charge in [-0.3, -0.25) is 4.79 Å². The lowest BCUT2D eigenvalue weighted by atomic mass is 10.1. The van der Waals surface area contributed by atoms with Crippen LogP contribution < -0.4 is 14.8 Å². The average molecular weight is 475 g/mol. The molecule has 0 saturated heterocycles. The minimum atomic E-state index is -4.98. The Morgan fingerprint density at radius 1 is 1.41 bits per heavy atom. The number of ether oxygens (including phenoxy) is 1. The van der Waals surface area contributed by atoms with Crippen LogP contribution in [-0.2, 0) is 23.2 Å². The summed E-state index contributed by atoms with van der Waals surface area (Å²) in [6.07, 6.45) is -5.28. The molecular weight excluding hydrogens is 458 g/mol. The second-order valence-corrected chi connectivity index (χ2v) is 8.49. The monoisotopic (exact) mass is 475 g/mol. The summed E-state index contributed by atoms with van der Waals surface area (Å²) in [5, 5.41) is 12.2. The minimum Gasteiger partial charge on any atom is -0.488 e. The zero-order valence-electron chi connectivity index (χ0n) is 16.6. The molecule has 2 heterocycles. The van der Waals surface area contributed by atoms with E-state index in [4.69, 9.17) is 4.74 Å². The molecule has 0 fully saturated rings. The fourth-order valence-corrected chi connectivity index (χ4v) is 4.47. The largest absolute Gasteiger partial charge is 0.488 e. The second-order valence-electron chi connectivity index (χ2n) is 6.81. The molecule has 0 aliphatic carbocycles. The van der Waals surface area contributed by atoms with Crippen LogP contribution in [0.25, 0.3) is 0 Å².